The summed E-state index contributed by atoms with van der Waals surface area (Å²) in [6.45, 7) is 2.23. The number of hydrogen-bond acceptors (Lipinski definition) is 5. The first-order valence-corrected chi connectivity index (χ1v) is 10.7. The number of methoxy groups -OCH3 is 1. The van der Waals surface area contributed by atoms with Gasteiger partial charge in [-0.25, -0.2) is 8.42 Å². The van der Waals surface area contributed by atoms with Gasteiger partial charge in [0.2, 0.25) is 15.9 Å². The molecule has 8 heteroatoms. The van der Waals surface area contributed by atoms with E-state index in [9.17, 15) is 13.2 Å². The van der Waals surface area contributed by atoms with Gasteiger partial charge in [-0.05, 0) is 36.8 Å². The lowest BCUT2D eigenvalue weighted by Crippen LogP contribution is -2.44. The average molecular weight is 407 g/mol. The highest BCUT2D eigenvalue weighted by Gasteiger charge is 2.21. The van der Waals surface area contributed by atoms with Gasteiger partial charge in [-0.15, -0.1) is 0 Å². The molecule has 0 saturated heterocycles. The lowest BCUT2D eigenvalue weighted by molar-refractivity contribution is -0.120. The van der Waals surface area contributed by atoms with Crippen LogP contribution in [0.1, 0.15) is 12.5 Å². The van der Waals surface area contributed by atoms with Crippen molar-refractivity contribution in [2.45, 2.75) is 19.6 Å². The third-order valence-electron chi connectivity index (χ3n) is 3.88. The monoisotopic (exact) mass is 406 g/mol. The molecule has 0 radical (unpaired) electrons. The number of nitrogens with zero attached hydrogens (tertiary/aromatic N) is 1. The molecule has 2 aromatic carbocycles. The summed E-state index contributed by atoms with van der Waals surface area (Å²) in [5.41, 5.74) is 1.43. The highest BCUT2D eigenvalue weighted by atomic mass is 32.2. The van der Waals surface area contributed by atoms with Crippen LogP contribution in [0.3, 0.4) is 0 Å². The number of sulfonamides is 1. The Hall–Kier alpha value is -2.58. The van der Waals surface area contributed by atoms with E-state index in [-0.39, 0.29) is 12.6 Å². The first-order chi connectivity index (χ1) is 13.3. The average Bonchev–Trinajstić information content (AvgIpc) is 2.65. The lowest BCUT2D eigenvalue weighted by atomic mass is 10.2. The van der Waals surface area contributed by atoms with Gasteiger partial charge in [0.1, 0.15) is 18.9 Å². The van der Waals surface area contributed by atoms with E-state index in [1.54, 1.807) is 31.2 Å². The molecule has 28 heavy (non-hydrogen) atoms. The van der Waals surface area contributed by atoms with Crippen molar-refractivity contribution in [3.63, 3.8) is 0 Å². The van der Waals surface area contributed by atoms with Crippen LogP contribution in [-0.2, 0) is 26.2 Å². The Labute approximate surface area is 166 Å². The van der Waals surface area contributed by atoms with Gasteiger partial charge < -0.3 is 14.8 Å². The minimum absolute atomic E-state index is 0.215. The molecule has 1 atom stereocenters. The molecule has 1 amide bonds. The highest BCUT2D eigenvalue weighted by molar-refractivity contribution is 7.92. The number of carbonyl (C=O) groups excluding carboxylic acids is 1. The van der Waals surface area contributed by atoms with Crippen LogP contribution in [0.25, 0.3) is 0 Å². The summed E-state index contributed by atoms with van der Waals surface area (Å²) in [5, 5.41) is 2.71. The van der Waals surface area contributed by atoms with E-state index in [4.69, 9.17) is 9.47 Å². The zero-order valence-electron chi connectivity index (χ0n) is 16.3. The van der Waals surface area contributed by atoms with Gasteiger partial charge in [-0.3, -0.25) is 9.10 Å². The van der Waals surface area contributed by atoms with Crippen molar-refractivity contribution in [2.24, 2.45) is 0 Å². The highest BCUT2D eigenvalue weighted by Crippen LogP contribution is 2.22. The quantitative estimate of drug-likeness (QED) is 0.654. The van der Waals surface area contributed by atoms with E-state index < -0.39 is 15.9 Å². The first kappa shape index (κ1) is 21.7. The zero-order valence-corrected chi connectivity index (χ0v) is 17.1. The summed E-state index contributed by atoms with van der Waals surface area (Å²) < 4.78 is 36.1. The molecule has 2 rings (SSSR count). The third-order valence-corrected chi connectivity index (χ3v) is 5.03. The third kappa shape index (κ3) is 6.86. The molecule has 1 N–H and O–H groups in total. The number of rotatable bonds is 10. The van der Waals surface area contributed by atoms with Crippen molar-refractivity contribution >= 4 is 21.6 Å². The maximum absolute atomic E-state index is 12.2. The summed E-state index contributed by atoms with van der Waals surface area (Å²) in [6, 6.07) is 16.1. The molecule has 0 unspecified atom stereocenters. The van der Waals surface area contributed by atoms with Crippen LogP contribution in [0.5, 0.6) is 5.75 Å². The van der Waals surface area contributed by atoms with Crippen molar-refractivity contribution in [3.05, 3.63) is 60.2 Å². The molecule has 2 aromatic rings. The second-order valence-corrected chi connectivity index (χ2v) is 8.37. The fourth-order valence-corrected chi connectivity index (χ4v) is 3.45. The SMILES string of the molecule is COC[C@H](C)NC(=O)CN(c1ccc(OCc2ccccc2)cc1)S(C)(=O)=O. The van der Waals surface area contributed by atoms with E-state index in [1.807, 2.05) is 30.3 Å². The molecule has 0 heterocycles. The lowest BCUT2D eigenvalue weighted by Gasteiger charge is -2.23. The minimum Gasteiger partial charge on any atom is -0.489 e. The van der Waals surface area contributed by atoms with Crippen LogP contribution < -0.4 is 14.4 Å². The van der Waals surface area contributed by atoms with Crippen molar-refractivity contribution in [1.82, 2.24) is 5.32 Å². The van der Waals surface area contributed by atoms with Crippen LogP contribution in [0, 0.1) is 0 Å². The topological polar surface area (TPSA) is 84.9 Å². The Kier molecular flexibility index (Phi) is 7.83. The number of ether oxygens (including phenoxy) is 2. The second-order valence-electron chi connectivity index (χ2n) is 6.46. The van der Waals surface area contributed by atoms with Crippen LogP contribution in [-0.4, -0.2) is 46.9 Å². The van der Waals surface area contributed by atoms with Gasteiger partial charge in [0.05, 0.1) is 18.6 Å². The molecule has 0 bridgehead atoms. The maximum Gasteiger partial charge on any atom is 0.241 e. The summed E-state index contributed by atoms with van der Waals surface area (Å²) in [4.78, 5) is 12.2. The van der Waals surface area contributed by atoms with Gasteiger partial charge >= 0.3 is 0 Å². The molecule has 0 aliphatic carbocycles. The van der Waals surface area contributed by atoms with Gasteiger partial charge in [0.25, 0.3) is 0 Å². The van der Waals surface area contributed by atoms with Crippen LogP contribution in [0.15, 0.2) is 54.6 Å². The summed E-state index contributed by atoms with van der Waals surface area (Å²) in [7, 11) is -2.09. The van der Waals surface area contributed by atoms with Gasteiger partial charge in [-0.2, -0.15) is 0 Å². The normalized spacial score (nSPS) is 12.2. The Morgan fingerprint density at radius 3 is 2.32 bits per heavy atom. The Bertz CT molecular complexity index is 854. The Morgan fingerprint density at radius 1 is 1.11 bits per heavy atom. The zero-order chi connectivity index (χ0) is 20.6. The van der Waals surface area contributed by atoms with Crippen molar-refractivity contribution in [3.8, 4) is 5.75 Å². The standard InChI is InChI=1S/C20H26N2O5S/c1-16(14-26-2)21-20(23)13-22(28(3,24)25)18-9-11-19(12-10-18)27-15-17-7-5-4-6-8-17/h4-12,16H,13-15H2,1-3H3,(H,21,23)/t16-/m0/s1. The van der Waals surface area contributed by atoms with E-state index in [0.717, 1.165) is 16.1 Å². The number of benzene rings is 2. The molecule has 0 aliphatic rings. The Balaban J connectivity index is 2.04. The minimum atomic E-state index is -3.63. The van der Waals surface area contributed by atoms with E-state index in [0.29, 0.717) is 24.7 Å². The Morgan fingerprint density at radius 2 is 1.75 bits per heavy atom. The first-order valence-electron chi connectivity index (χ1n) is 8.82. The van der Waals surface area contributed by atoms with Gasteiger partial charge in [0.15, 0.2) is 0 Å². The van der Waals surface area contributed by atoms with Crippen LogP contribution in [0.4, 0.5) is 5.69 Å². The van der Waals surface area contributed by atoms with E-state index >= 15 is 0 Å². The smallest absolute Gasteiger partial charge is 0.241 e. The van der Waals surface area contributed by atoms with Gasteiger partial charge in [0, 0.05) is 13.2 Å². The maximum atomic E-state index is 12.2. The van der Waals surface area contributed by atoms with E-state index in [2.05, 4.69) is 5.32 Å². The molecule has 7 nitrogen and oxygen atoms in total. The fraction of sp³-hybridized carbons (Fsp3) is 0.350. The largest absolute Gasteiger partial charge is 0.489 e. The van der Waals surface area contributed by atoms with E-state index in [1.165, 1.54) is 7.11 Å². The molecular weight excluding hydrogens is 380 g/mol. The molecular formula is C20H26N2O5S. The molecule has 0 aliphatic heterocycles. The number of amides is 1. The van der Waals surface area contributed by atoms with Crippen LogP contribution >= 0.6 is 0 Å². The number of carbonyl (C=O) groups is 1. The number of anilines is 1. The number of hydrogen-bond donors (Lipinski definition) is 1. The molecule has 0 fully saturated rings. The van der Waals surface area contributed by atoms with Crippen LogP contribution in [0.2, 0.25) is 0 Å². The number of nitrogens with one attached hydrogen (secondary N) is 1. The molecule has 0 saturated carbocycles. The fourth-order valence-electron chi connectivity index (χ4n) is 2.59. The summed E-state index contributed by atoms with van der Waals surface area (Å²) >= 11 is 0. The summed E-state index contributed by atoms with van der Waals surface area (Å²) in [5.74, 6) is 0.207. The molecule has 0 spiro atoms. The summed E-state index contributed by atoms with van der Waals surface area (Å²) in [6.07, 6.45) is 1.07. The molecule has 0 aromatic heterocycles. The van der Waals surface area contributed by atoms with Crippen molar-refractivity contribution in [2.75, 3.05) is 30.8 Å². The second kappa shape index (κ2) is 10.1. The predicted molar refractivity (Wildman–Crippen MR) is 109 cm³/mol. The van der Waals surface area contributed by atoms with Crippen molar-refractivity contribution in [1.29, 1.82) is 0 Å². The van der Waals surface area contributed by atoms with Gasteiger partial charge in [-0.1, -0.05) is 30.3 Å². The molecule has 152 valence electrons. The van der Waals surface area contributed by atoms with Crippen molar-refractivity contribution < 1.29 is 22.7 Å². The predicted octanol–water partition coefficient (Wildman–Crippen LogP) is 2.18.